The first-order valence-electron chi connectivity index (χ1n) is 7.93. The first kappa shape index (κ1) is 19.7. The summed E-state index contributed by atoms with van der Waals surface area (Å²) in [6.07, 6.45) is 9.51. The van der Waals surface area contributed by atoms with Crippen molar-refractivity contribution >= 4 is 12.2 Å². The largest absolute Gasteiger partial charge is 0.381 e. The highest BCUT2D eigenvalue weighted by Crippen LogP contribution is 2.14. The van der Waals surface area contributed by atoms with Crippen LogP contribution in [0.5, 0.6) is 0 Å². The number of ether oxygens (including phenoxy) is 1. The summed E-state index contributed by atoms with van der Waals surface area (Å²) in [6.45, 7) is 6.65. The summed E-state index contributed by atoms with van der Waals surface area (Å²) in [5.74, 6) is 0.803. The maximum Gasteiger partial charge on any atom is 0.234 e. The van der Waals surface area contributed by atoms with Crippen LogP contribution >= 0.6 is 0 Å². The molecule has 0 N–H and O–H groups in total. The summed E-state index contributed by atoms with van der Waals surface area (Å²) in [6, 6.07) is 0. The van der Waals surface area contributed by atoms with E-state index in [4.69, 9.17) is 4.74 Å². The van der Waals surface area contributed by atoms with E-state index < -0.39 is 0 Å². The Kier molecular flexibility index (Phi) is 14.2. The normalized spacial score (nSPS) is 13.0. The minimum absolute atomic E-state index is 0.192. The van der Waals surface area contributed by atoms with Gasteiger partial charge in [-0.25, -0.2) is 19.6 Å². The average Bonchev–Trinajstić information content (AvgIpc) is 2.51. The molecule has 0 saturated carbocycles. The smallest absolute Gasteiger partial charge is 0.234 e. The maximum atomic E-state index is 10.2. The number of isocyanates is 2. The van der Waals surface area contributed by atoms with Gasteiger partial charge in [0.15, 0.2) is 0 Å². The van der Waals surface area contributed by atoms with Crippen LogP contribution in [-0.2, 0) is 14.3 Å². The lowest BCUT2D eigenvalue weighted by atomic mass is 10.0. The SMILES string of the molecule is CCCCC(CC)COCC(CCCN=C=O)CN=C=O. The number of hydrogen-bond donors (Lipinski definition) is 0. The number of aliphatic imine (C=N–C) groups is 2. The number of nitrogens with zero attached hydrogens (tertiary/aromatic N) is 2. The summed E-state index contributed by atoms with van der Waals surface area (Å²) in [5.41, 5.74) is 0. The fourth-order valence-electron chi connectivity index (χ4n) is 2.20. The molecule has 0 heterocycles. The minimum Gasteiger partial charge on any atom is -0.381 e. The van der Waals surface area contributed by atoms with Crippen LogP contribution in [0, 0.1) is 11.8 Å². The Morgan fingerprint density at radius 1 is 0.952 bits per heavy atom. The Morgan fingerprint density at radius 3 is 2.24 bits per heavy atom. The van der Waals surface area contributed by atoms with Crippen LogP contribution in [0.1, 0.15) is 52.4 Å². The summed E-state index contributed by atoms with van der Waals surface area (Å²) in [7, 11) is 0. The molecule has 120 valence electrons. The van der Waals surface area contributed by atoms with Crippen molar-refractivity contribution in [3.63, 3.8) is 0 Å². The molecule has 0 aromatic carbocycles. The molecule has 0 bridgehead atoms. The van der Waals surface area contributed by atoms with E-state index in [-0.39, 0.29) is 5.92 Å². The van der Waals surface area contributed by atoms with Gasteiger partial charge in [-0.3, -0.25) is 0 Å². The van der Waals surface area contributed by atoms with Gasteiger partial charge in [-0.2, -0.15) is 0 Å². The van der Waals surface area contributed by atoms with Crippen LogP contribution in [0.15, 0.2) is 9.98 Å². The molecular weight excluding hydrogens is 268 g/mol. The molecule has 2 atom stereocenters. The van der Waals surface area contributed by atoms with Gasteiger partial charge in [-0.05, 0) is 25.2 Å². The van der Waals surface area contributed by atoms with Crippen molar-refractivity contribution in [3.05, 3.63) is 0 Å². The van der Waals surface area contributed by atoms with Gasteiger partial charge >= 0.3 is 0 Å². The maximum absolute atomic E-state index is 10.2. The molecule has 0 radical (unpaired) electrons. The molecule has 0 spiro atoms. The van der Waals surface area contributed by atoms with Crippen LogP contribution in [0.3, 0.4) is 0 Å². The summed E-state index contributed by atoms with van der Waals surface area (Å²) in [4.78, 5) is 27.4. The van der Waals surface area contributed by atoms with Gasteiger partial charge in [0.1, 0.15) is 0 Å². The Balaban J connectivity index is 4.02. The van der Waals surface area contributed by atoms with Crippen molar-refractivity contribution in [2.75, 3.05) is 26.3 Å². The highest BCUT2D eigenvalue weighted by molar-refractivity contribution is 5.33. The Labute approximate surface area is 127 Å². The molecule has 0 saturated heterocycles. The van der Waals surface area contributed by atoms with Crippen LogP contribution < -0.4 is 0 Å². The third kappa shape index (κ3) is 12.2. The van der Waals surface area contributed by atoms with Gasteiger partial charge in [0, 0.05) is 12.5 Å². The lowest BCUT2D eigenvalue weighted by Gasteiger charge is -2.18. The van der Waals surface area contributed by atoms with Crippen molar-refractivity contribution in [1.82, 2.24) is 0 Å². The summed E-state index contributed by atoms with van der Waals surface area (Å²) >= 11 is 0. The van der Waals surface area contributed by atoms with E-state index in [0.717, 1.165) is 25.9 Å². The molecule has 0 aromatic rings. The highest BCUT2D eigenvalue weighted by atomic mass is 16.5. The van der Waals surface area contributed by atoms with Crippen molar-refractivity contribution in [1.29, 1.82) is 0 Å². The molecule has 21 heavy (non-hydrogen) atoms. The van der Waals surface area contributed by atoms with Gasteiger partial charge < -0.3 is 4.74 Å². The van der Waals surface area contributed by atoms with Gasteiger partial charge in [0.25, 0.3) is 0 Å². The summed E-state index contributed by atoms with van der Waals surface area (Å²) < 4.78 is 5.80. The predicted octanol–water partition coefficient (Wildman–Crippen LogP) is 3.29. The third-order valence-electron chi connectivity index (χ3n) is 3.61. The molecule has 0 rings (SSSR count). The number of carbonyl (C=O) groups excluding carboxylic acids is 2. The second-order valence-electron chi connectivity index (χ2n) is 5.37. The Morgan fingerprint density at radius 2 is 1.62 bits per heavy atom. The van der Waals surface area contributed by atoms with Crippen molar-refractivity contribution in [3.8, 4) is 0 Å². The quantitative estimate of drug-likeness (QED) is 0.280. The number of rotatable bonds is 14. The fraction of sp³-hybridized carbons (Fsp3) is 0.875. The zero-order valence-electron chi connectivity index (χ0n) is 13.3. The van der Waals surface area contributed by atoms with Crippen LogP contribution in [-0.4, -0.2) is 38.5 Å². The molecule has 2 unspecified atom stereocenters. The highest BCUT2D eigenvalue weighted by Gasteiger charge is 2.11. The van der Waals surface area contributed by atoms with E-state index in [1.54, 1.807) is 6.08 Å². The lowest BCUT2D eigenvalue weighted by molar-refractivity contribution is 0.0664. The zero-order chi connectivity index (χ0) is 15.8. The molecule has 0 aromatic heterocycles. The molecule has 0 aliphatic carbocycles. The van der Waals surface area contributed by atoms with E-state index in [1.165, 1.54) is 25.3 Å². The molecular formula is C16H28N2O3. The minimum atomic E-state index is 0.192. The van der Waals surface area contributed by atoms with Crippen molar-refractivity contribution in [2.45, 2.75) is 52.4 Å². The van der Waals surface area contributed by atoms with E-state index in [0.29, 0.717) is 25.6 Å². The van der Waals surface area contributed by atoms with Crippen LogP contribution in [0.25, 0.3) is 0 Å². The van der Waals surface area contributed by atoms with Gasteiger partial charge in [-0.1, -0.05) is 33.1 Å². The van der Waals surface area contributed by atoms with Crippen molar-refractivity contribution in [2.24, 2.45) is 21.8 Å². The first-order chi connectivity index (χ1) is 10.3. The molecule has 0 aliphatic heterocycles. The second-order valence-corrected chi connectivity index (χ2v) is 5.37. The molecule has 5 heteroatoms. The van der Waals surface area contributed by atoms with E-state index in [1.807, 2.05) is 0 Å². The zero-order valence-corrected chi connectivity index (χ0v) is 13.3. The fourth-order valence-corrected chi connectivity index (χ4v) is 2.20. The summed E-state index contributed by atoms with van der Waals surface area (Å²) in [5, 5.41) is 0. The molecule has 0 amide bonds. The monoisotopic (exact) mass is 296 g/mol. The predicted molar refractivity (Wildman–Crippen MR) is 82.8 cm³/mol. The van der Waals surface area contributed by atoms with Gasteiger partial charge in [-0.15, -0.1) is 0 Å². The standard InChI is InChI=1S/C16H28N2O3/c1-3-5-7-15(4-2)11-21-12-16(10-18-14-20)8-6-9-17-13-19/h15-16H,3-12H2,1-2H3. The van der Waals surface area contributed by atoms with Crippen LogP contribution in [0.2, 0.25) is 0 Å². The number of unbranched alkanes of at least 4 members (excludes halogenated alkanes) is 1. The van der Waals surface area contributed by atoms with Gasteiger partial charge in [0.2, 0.25) is 12.2 Å². The lowest BCUT2D eigenvalue weighted by Crippen LogP contribution is -2.17. The third-order valence-corrected chi connectivity index (χ3v) is 3.61. The molecule has 0 aliphatic rings. The Bertz CT molecular complexity index is 334. The topological polar surface area (TPSA) is 68.1 Å². The van der Waals surface area contributed by atoms with E-state index >= 15 is 0 Å². The molecule has 0 fully saturated rings. The van der Waals surface area contributed by atoms with E-state index in [9.17, 15) is 9.59 Å². The average molecular weight is 296 g/mol. The van der Waals surface area contributed by atoms with E-state index in [2.05, 4.69) is 23.8 Å². The first-order valence-corrected chi connectivity index (χ1v) is 7.93. The second kappa shape index (κ2) is 15.1. The number of hydrogen-bond acceptors (Lipinski definition) is 5. The molecule has 5 nitrogen and oxygen atoms in total. The van der Waals surface area contributed by atoms with Crippen molar-refractivity contribution < 1.29 is 14.3 Å². The van der Waals surface area contributed by atoms with Gasteiger partial charge in [0.05, 0.1) is 19.7 Å². The van der Waals surface area contributed by atoms with Crippen LogP contribution in [0.4, 0.5) is 0 Å². The Hall–Kier alpha value is -1.28.